The van der Waals surface area contributed by atoms with Crippen molar-refractivity contribution in [2.45, 2.75) is 32.8 Å². The van der Waals surface area contributed by atoms with Crippen molar-refractivity contribution in [2.75, 3.05) is 13.2 Å². The molecule has 1 amide bonds. The highest BCUT2D eigenvalue weighted by Crippen LogP contribution is 2.12. The molecule has 18 heavy (non-hydrogen) atoms. The molecule has 0 aliphatic carbocycles. The summed E-state index contributed by atoms with van der Waals surface area (Å²) >= 11 is 0. The van der Waals surface area contributed by atoms with E-state index in [9.17, 15) is 4.79 Å². The first kappa shape index (κ1) is 14.5. The van der Waals surface area contributed by atoms with Crippen molar-refractivity contribution in [2.24, 2.45) is 0 Å². The zero-order valence-corrected chi connectivity index (χ0v) is 11.0. The summed E-state index contributed by atoms with van der Waals surface area (Å²) in [5, 5.41) is 11.8. The molecule has 0 aliphatic rings. The van der Waals surface area contributed by atoms with Gasteiger partial charge in [-0.3, -0.25) is 4.79 Å². The summed E-state index contributed by atoms with van der Waals surface area (Å²) in [6.07, 6.45) is 0.553. The Hall–Kier alpha value is -1.55. The Balaban J connectivity index is 2.35. The number of aliphatic hydroxyl groups is 1. The van der Waals surface area contributed by atoms with Crippen LogP contribution in [0.2, 0.25) is 0 Å². The predicted octanol–water partition coefficient (Wildman–Crippen LogP) is 1.51. The molecule has 1 rings (SSSR count). The summed E-state index contributed by atoms with van der Waals surface area (Å²) < 4.78 is 5.33. The number of carbonyl (C=O) groups excluding carboxylic acids is 1. The molecule has 0 aliphatic heterocycles. The molecular formula is C14H21NO3. The summed E-state index contributed by atoms with van der Waals surface area (Å²) in [6, 6.07) is 7.50. The number of benzene rings is 1. The average molecular weight is 251 g/mol. The predicted molar refractivity (Wildman–Crippen MR) is 70.6 cm³/mol. The van der Waals surface area contributed by atoms with Crippen LogP contribution in [0, 0.1) is 0 Å². The third-order valence-corrected chi connectivity index (χ3v) is 2.48. The van der Waals surface area contributed by atoms with E-state index < -0.39 is 0 Å². The molecular weight excluding hydrogens is 230 g/mol. The Morgan fingerprint density at radius 1 is 1.39 bits per heavy atom. The molecule has 0 bridgehead atoms. The van der Waals surface area contributed by atoms with Gasteiger partial charge in [0.15, 0.2) is 0 Å². The number of aliphatic hydroxyl groups excluding tert-OH is 1. The molecule has 0 heterocycles. The van der Waals surface area contributed by atoms with E-state index in [0.717, 1.165) is 11.3 Å². The van der Waals surface area contributed by atoms with Gasteiger partial charge in [0.05, 0.1) is 19.1 Å². The van der Waals surface area contributed by atoms with Gasteiger partial charge >= 0.3 is 0 Å². The lowest BCUT2D eigenvalue weighted by molar-refractivity contribution is -0.120. The fraction of sp³-hybridized carbons (Fsp3) is 0.500. The molecule has 0 aromatic heterocycles. The molecule has 4 nitrogen and oxygen atoms in total. The fourth-order valence-corrected chi connectivity index (χ4v) is 1.54. The number of nitrogens with one attached hydrogen (secondary N) is 1. The first-order valence-corrected chi connectivity index (χ1v) is 6.28. The van der Waals surface area contributed by atoms with E-state index in [4.69, 9.17) is 9.84 Å². The first-order valence-electron chi connectivity index (χ1n) is 6.28. The second-order valence-electron chi connectivity index (χ2n) is 4.24. The maximum absolute atomic E-state index is 11.6. The van der Waals surface area contributed by atoms with E-state index in [1.807, 2.05) is 31.2 Å². The van der Waals surface area contributed by atoms with Crippen molar-refractivity contribution in [3.8, 4) is 5.75 Å². The molecule has 4 heteroatoms. The maximum Gasteiger partial charge on any atom is 0.224 e. The highest BCUT2D eigenvalue weighted by molar-refractivity contribution is 5.78. The normalized spacial score (nSPS) is 11.9. The van der Waals surface area contributed by atoms with Crippen LogP contribution in [0.15, 0.2) is 24.3 Å². The number of hydrogen-bond acceptors (Lipinski definition) is 3. The topological polar surface area (TPSA) is 58.6 Å². The Morgan fingerprint density at radius 3 is 2.61 bits per heavy atom. The van der Waals surface area contributed by atoms with Gasteiger partial charge in [-0.05, 0) is 38.0 Å². The molecule has 1 aromatic rings. The zero-order chi connectivity index (χ0) is 13.4. The van der Waals surface area contributed by atoms with Gasteiger partial charge in [-0.1, -0.05) is 12.1 Å². The van der Waals surface area contributed by atoms with Crippen LogP contribution >= 0.6 is 0 Å². The molecule has 2 N–H and O–H groups in total. The molecule has 100 valence electrons. The number of hydrogen-bond donors (Lipinski definition) is 2. The third-order valence-electron chi connectivity index (χ3n) is 2.48. The summed E-state index contributed by atoms with van der Waals surface area (Å²) in [5.74, 6) is 0.788. The van der Waals surface area contributed by atoms with Crippen molar-refractivity contribution >= 4 is 5.91 Å². The highest BCUT2D eigenvalue weighted by atomic mass is 16.5. The average Bonchev–Trinajstić information content (AvgIpc) is 2.31. The smallest absolute Gasteiger partial charge is 0.224 e. The van der Waals surface area contributed by atoms with Crippen LogP contribution in [-0.2, 0) is 11.2 Å². The Labute approximate surface area is 108 Å². The monoisotopic (exact) mass is 251 g/mol. The van der Waals surface area contributed by atoms with Crippen molar-refractivity contribution in [1.29, 1.82) is 0 Å². The molecule has 0 saturated carbocycles. The minimum absolute atomic E-state index is 0.0280. The SMILES string of the molecule is CCOc1ccc(CC(=O)NCCC(C)O)cc1. The maximum atomic E-state index is 11.6. The molecule has 0 spiro atoms. The van der Waals surface area contributed by atoms with E-state index in [2.05, 4.69) is 5.32 Å². The molecule has 0 saturated heterocycles. The summed E-state index contributed by atoms with van der Waals surface area (Å²) in [7, 11) is 0. The molecule has 1 aromatic carbocycles. The number of carbonyl (C=O) groups is 1. The van der Waals surface area contributed by atoms with Crippen molar-refractivity contribution in [3.63, 3.8) is 0 Å². The minimum atomic E-state index is -0.379. The van der Waals surface area contributed by atoms with Crippen LogP contribution < -0.4 is 10.1 Å². The van der Waals surface area contributed by atoms with Gasteiger partial charge in [-0.2, -0.15) is 0 Å². The summed E-state index contributed by atoms with van der Waals surface area (Å²) in [6.45, 7) is 4.79. The van der Waals surface area contributed by atoms with Crippen molar-refractivity contribution in [1.82, 2.24) is 5.32 Å². The quantitative estimate of drug-likeness (QED) is 0.772. The van der Waals surface area contributed by atoms with Gasteiger partial charge in [0, 0.05) is 6.54 Å². The van der Waals surface area contributed by atoms with Gasteiger partial charge in [0.2, 0.25) is 5.91 Å². The van der Waals surface area contributed by atoms with Gasteiger partial charge in [0.1, 0.15) is 5.75 Å². The molecule has 1 atom stereocenters. The van der Waals surface area contributed by atoms with Crippen LogP contribution in [-0.4, -0.2) is 30.3 Å². The Bertz CT molecular complexity index is 360. The third kappa shape index (κ3) is 5.68. The summed E-state index contributed by atoms with van der Waals surface area (Å²) in [5.41, 5.74) is 0.952. The number of rotatable bonds is 7. The molecule has 1 unspecified atom stereocenters. The Kier molecular flexibility index (Phi) is 6.22. The largest absolute Gasteiger partial charge is 0.494 e. The van der Waals surface area contributed by atoms with Gasteiger partial charge in [-0.25, -0.2) is 0 Å². The second kappa shape index (κ2) is 7.71. The van der Waals surface area contributed by atoms with Crippen molar-refractivity contribution in [3.05, 3.63) is 29.8 Å². The fourth-order valence-electron chi connectivity index (χ4n) is 1.54. The van der Waals surface area contributed by atoms with E-state index in [1.165, 1.54) is 0 Å². The lowest BCUT2D eigenvalue weighted by Crippen LogP contribution is -2.27. The van der Waals surface area contributed by atoms with Crippen LogP contribution in [0.1, 0.15) is 25.8 Å². The lowest BCUT2D eigenvalue weighted by Gasteiger charge is -2.07. The van der Waals surface area contributed by atoms with E-state index in [0.29, 0.717) is 26.0 Å². The van der Waals surface area contributed by atoms with E-state index >= 15 is 0 Å². The van der Waals surface area contributed by atoms with E-state index in [1.54, 1.807) is 6.92 Å². The van der Waals surface area contributed by atoms with Crippen molar-refractivity contribution < 1.29 is 14.6 Å². The zero-order valence-electron chi connectivity index (χ0n) is 11.0. The first-order chi connectivity index (χ1) is 8.61. The standard InChI is InChI=1S/C14H21NO3/c1-3-18-13-6-4-12(5-7-13)10-14(17)15-9-8-11(2)16/h4-7,11,16H,3,8-10H2,1-2H3,(H,15,17). The van der Waals surface area contributed by atoms with E-state index in [-0.39, 0.29) is 12.0 Å². The van der Waals surface area contributed by atoms with Crippen LogP contribution in [0.5, 0.6) is 5.75 Å². The lowest BCUT2D eigenvalue weighted by atomic mass is 10.1. The molecule has 0 fully saturated rings. The van der Waals surface area contributed by atoms with Crippen LogP contribution in [0.3, 0.4) is 0 Å². The van der Waals surface area contributed by atoms with Gasteiger partial charge in [-0.15, -0.1) is 0 Å². The second-order valence-corrected chi connectivity index (χ2v) is 4.24. The Morgan fingerprint density at radius 2 is 2.06 bits per heavy atom. The van der Waals surface area contributed by atoms with Crippen LogP contribution in [0.4, 0.5) is 0 Å². The minimum Gasteiger partial charge on any atom is -0.494 e. The van der Waals surface area contributed by atoms with Gasteiger partial charge in [0.25, 0.3) is 0 Å². The molecule has 0 radical (unpaired) electrons. The van der Waals surface area contributed by atoms with Crippen LogP contribution in [0.25, 0.3) is 0 Å². The van der Waals surface area contributed by atoms with Gasteiger partial charge < -0.3 is 15.2 Å². The summed E-state index contributed by atoms with van der Waals surface area (Å²) in [4.78, 5) is 11.6. The highest BCUT2D eigenvalue weighted by Gasteiger charge is 2.04. The number of ether oxygens (including phenoxy) is 1. The number of amides is 1.